The molecule has 0 heterocycles. The fourth-order valence-electron chi connectivity index (χ4n) is 2.82. The molecule has 0 bridgehead atoms. The van der Waals surface area contributed by atoms with Crippen LogP contribution in [0.25, 0.3) is 0 Å². The summed E-state index contributed by atoms with van der Waals surface area (Å²) in [5.74, 6) is 1.56. The first kappa shape index (κ1) is 13.1. The molecule has 0 spiro atoms. The van der Waals surface area contributed by atoms with Crippen LogP contribution in [0.4, 0.5) is 0 Å². The number of hydrogen-bond donors (Lipinski definition) is 1. The Morgan fingerprint density at radius 2 is 1.94 bits per heavy atom. The van der Waals surface area contributed by atoms with Gasteiger partial charge in [0.1, 0.15) is 0 Å². The molecule has 1 fully saturated rings. The van der Waals surface area contributed by atoms with E-state index in [1.165, 1.54) is 12.8 Å². The van der Waals surface area contributed by atoms with E-state index >= 15 is 0 Å². The third-order valence-electron chi connectivity index (χ3n) is 4.03. The second-order valence-electron chi connectivity index (χ2n) is 5.71. The van der Waals surface area contributed by atoms with Crippen molar-refractivity contribution >= 4 is 5.91 Å². The van der Waals surface area contributed by atoms with E-state index in [9.17, 15) is 4.79 Å². The average molecular weight is 245 g/mol. The van der Waals surface area contributed by atoms with Crippen molar-refractivity contribution in [2.45, 2.75) is 45.6 Å². The second-order valence-corrected chi connectivity index (χ2v) is 5.71. The molecule has 1 N–H and O–H groups in total. The zero-order valence-corrected chi connectivity index (χ0v) is 11.4. The molecule has 1 amide bonds. The number of carbonyl (C=O) groups excluding carboxylic acids is 1. The summed E-state index contributed by atoms with van der Waals surface area (Å²) in [6.07, 6.45) is 4.82. The third kappa shape index (κ3) is 3.34. The zero-order valence-electron chi connectivity index (χ0n) is 11.4. The molecule has 1 aromatic rings. The first-order chi connectivity index (χ1) is 8.66. The maximum absolute atomic E-state index is 12.1. The molecule has 98 valence electrons. The molecule has 0 aliphatic heterocycles. The predicted octanol–water partition coefficient (Wildman–Crippen LogP) is 3.63. The van der Waals surface area contributed by atoms with Crippen LogP contribution in [0.5, 0.6) is 0 Å². The summed E-state index contributed by atoms with van der Waals surface area (Å²) in [7, 11) is 0. The molecule has 2 unspecified atom stereocenters. The van der Waals surface area contributed by atoms with E-state index in [1.807, 2.05) is 30.3 Å². The molecular formula is C16H23NO. The Balaban J connectivity index is 1.91. The van der Waals surface area contributed by atoms with Gasteiger partial charge in [0.25, 0.3) is 5.91 Å². The number of benzene rings is 1. The lowest BCUT2D eigenvalue weighted by Gasteiger charge is -2.32. The van der Waals surface area contributed by atoms with Crippen LogP contribution in [-0.4, -0.2) is 11.9 Å². The number of hydrogen-bond acceptors (Lipinski definition) is 1. The van der Waals surface area contributed by atoms with Crippen LogP contribution in [0.3, 0.4) is 0 Å². The molecule has 2 nitrogen and oxygen atoms in total. The monoisotopic (exact) mass is 245 g/mol. The van der Waals surface area contributed by atoms with Crippen LogP contribution in [-0.2, 0) is 0 Å². The van der Waals surface area contributed by atoms with Gasteiger partial charge >= 0.3 is 0 Å². The third-order valence-corrected chi connectivity index (χ3v) is 4.03. The highest BCUT2D eigenvalue weighted by molar-refractivity contribution is 5.94. The lowest BCUT2D eigenvalue weighted by atomic mass is 9.79. The number of nitrogens with one attached hydrogen (secondary N) is 1. The highest BCUT2D eigenvalue weighted by Gasteiger charge is 2.25. The number of carbonyl (C=O) groups is 1. The summed E-state index contributed by atoms with van der Waals surface area (Å²) >= 11 is 0. The zero-order chi connectivity index (χ0) is 13.0. The SMILES string of the molecule is CC(C)C1CCCC(NC(=O)c2ccccc2)C1. The Bertz CT molecular complexity index is 385. The molecule has 1 aliphatic rings. The second kappa shape index (κ2) is 6.03. The summed E-state index contributed by atoms with van der Waals surface area (Å²) < 4.78 is 0. The lowest BCUT2D eigenvalue weighted by molar-refractivity contribution is 0.0913. The Kier molecular flexibility index (Phi) is 4.40. The first-order valence-electron chi connectivity index (χ1n) is 7.02. The van der Waals surface area contributed by atoms with Crippen LogP contribution < -0.4 is 5.32 Å². The van der Waals surface area contributed by atoms with Gasteiger partial charge in [-0.25, -0.2) is 0 Å². The van der Waals surface area contributed by atoms with E-state index in [0.717, 1.165) is 30.2 Å². The molecule has 1 saturated carbocycles. The molecule has 0 radical (unpaired) electrons. The van der Waals surface area contributed by atoms with Crippen molar-refractivity contribution in [2.75, 3.05) is 0 Å². The standard InChI is InChI=1S/C16H23NO/c1-12(2)14-9-6-10-15(11-14)17-16(18)13-7-4-3-5-8-13/h3-5,7-8,12,14-15H,6,9-11H2,1-2H3,(H,17,18). The van der Waals surface area contributed by atoms with Gasteiger partial charge < -0.3 is 5.32 Å². The van der Waals surface area contributed by atoms with Crippen molar-refractivity contribution < 1.29 is 4.79 Å². The van der Waals surface area contributed by atoms with Gasteiger partial charge in [-0.15, -0.1) is 0 Å². The molecule has 18 heavy (non-hydrogen) atoms. The van der Waals surface area contributed by atoms with E-state index in [4.69, 9.17) is 0 Å². The van der Waals surface area contributed by atoms with E-state index in [-0.39, 0.29) is 5.91 Å². The van der Waals surface area contributed by atoms with E-state index < -0.39 is 0 Å². The summed E-state index contributed by atoms with van der Waals surface area (Å²) in [5.41, 5.74) is 0.768. The van der Waals surface area contributed by atoms with E-state index in [2.05, 4.69) is 19.2 Å². The maximum Gasteiger partial charge on any atom is 0.251 e. The highest BCUT2D eigenvalue weighted by atomic mass is 16.1. The molecule has 1 aliphatic carbocycles. The first-order valence-corrected chi connectivity index (χ1v) is 7.02. The van der Waals surface area contributed by atoms with Crippen LogP contribution in [0.2, 0.25) is 0 Å². The maximum atomic E-state index is 12.1. The van der Waals surface area contributed by atoms with Crippen molar-refractivity contribution in [3.05, 3.63) is 35.9 Å². The Hall–Kier alpha value is -1.31. The van der Waals surface area contributed by atoms with Gasteiger partial charge in [0.05, 0.1) is 0 Å². The highest BCUT2D eigenvalue weighted by Crippen LogP contribution is 2.29. The van der Waals surface area contributed by atoms with E-state index in [1.54, 1.807) is 0 Å². The van der Waals surface area contributed by atoms with Gasteiger partial charge in [-0.1, -0.05) is 44.9 Å². The minimum atomic E-state index is 0.0741. The van der Waals surface area contributed by atoms with Crippen molar-refractivity contribution in [3.8, 4) is 0 Å². The minimum Gasteiger partial charge on any atom is -0.349 e. The van der Waals surface area contributed by atoms with Gasteiger partial charge in [-0.05, 0) is 36.8 Å². The molecule has 0 saturated heterocycles. The van der Waals surface area contributed by atoms with Crippen molar-refractivity contribution in [3.63, 3.8) is 0 Å². The smallest absolute Gasteiger partial charge is 0.251 e. The Morgan fingerprint density at radius 3 is 2.61 bits per heavy atom. The summed E-state index contributed by atoms with van der Waals surface area (Å²) in [6, 6.07) is 9.86. The van der Waals surface area contributed by atoms with Crippen molar-refractivity contribution in [1.29, 1.82) is 0 Å². The van der Waals surface area contributed by atoms with Crippen LogP contribution >= 0.6 is 0 Å². The van der Waals surface area contributed by atoms with E-state index in [0.29, 0.717) is 6.04 Å². The van der Waals surface area contributed by atoms with Crippen molar-refractivity contribution in [1.82, 2.24) is 5.32 Å². The molecule has 1 aromatic carbocycles. The molecule has 2 rings (SSSR count). The topological polar surface area (TPSA) is 29.1 Å². The largest absolute Gasteiger partial charge is 0.349 e. The van der Waals surface area contributed by atoms with Gasteiger partial charge in [0.2, 0.25) is 0 Å². The predicted molar refractivity (Wildman–Crippen MR) is 74.5 cm³/mol. The van der Waals surface area contributed by atoms with Gasteiger partial charge in [0, 0.05) is 11.6 Å². The normalized spacial score (nSPS) is 23.9. The summed E-state index contributed by atoms with van der Waals surface area (Å²) in [4.78, 5) is 12.1. The molecule has 0 aromatic heterocycles. The number of amides is 1. The van der Waals surface area contributed by atoms with Gasteiger partial charge in [0.15, 0.2) is 0 Å². The molecule has 2 heteroatoms. The lowest BCUT2D eigenvalue weighted by Crippen LogP contribution is -2.39. The van der Waals surface area contributed by atoms with Crippen LogP contribution in [0.15, 0.2) is 30.3 Å². The summed E-state index contributed by atoms with van der Waals surface area (Å²) in [5, 5.41) is 3.18. The minimum absolute atomic E-state index is 0.0741. The molecule has 2 atom stereocenters. The average Bonchev–Trinajstić information content (AvgIpc) is 2.40. The quantitative estimate of drug-likeness (QED) is 0.865. The van der Waals surface area contributed by atoms with Crippen molar-refractivity contribution in [2.24, 2.45) is 11.8 Å². The Labute approximate surface area is 110 Å². The van der Waals surface area contributed by atoms with Gasteiger partial charge in [-0.3, -0.25) is 4.79 Å². The van der Waals surface area contributed by atoms with Crippen LogP contribution in [0.1, 0.15) is 49.9 Å². The summed E-state index contributed by atoms with van der Waals surface area (Å²) in [6.45, 7) is 4.57. The molecular weight excluding hydrogens is 222 g/mol. The fourth-order valence-corrected chi connectivity index (χ4v) is 2.82. The number of rotatable bonds is 3. The Morgan fingerprint density at radius 1 is 1.22 bits per heavy atom. The fraction of sp³-hybridized carbons (Fsp3) is 0.562. The van der Waals surface area contributed by atoms with Gasteiger partial charge in [-0.2, -0.15) is 0 Å². The van der Waals surface area contributed by atoms with Crippen LogP contribution in [0, 0.1) is 11.8 Å².